The maximum absolute atomic E-state index is 15.2. The van der Waals surface area contributed by atoms with Gasteiger partial charge >= 0.3 is 11.9 Å². The second kappa shape index (κ2) is 37.0. The van der Waals surface area contributed by atoms with Crippen molar-refractivity contribution in [2.45, 2.75) is 285 Å². The fraction of sp³-hybridized carbons (Fsp3) is 0.649. The van der Waals surface area contributed by atoms with Crippen LogP contribution in [0, 0.1) is 11.8 Å². The zero-order valence-corrected chi connectivity index (χ0v) is 55.7. The lowest BCUT2D eigenvalue weighted by molar-refractivity contribution is -0.127. The van der Waals surface area contributed by atoms with Crippen LogP contribution < -0.4 is 19.3 Å². The highest BCUT2D eigenvalue weighted by molar-refractivity contribution is 9.10. The number of benzene rings is 3. The molecule has 0 aromatic heterocycles. The van der Waals surface area contributed by atoms with E-state index in [1.165, 1.54) is 205 Å². The molecule has 0 aliphatic carbocycles. The lowest BCUT2D eigenvalue weighted by atomic mass is 9.92. The number of nitrogens with zero attached hydrogens (tertiary/aromatic N) is 2. The largest absolute Gasteiger partial charge is 0.422 e. The van der Waals surface area contributed by atoms with Crippen LogP contribution in [-0.2, 0) is 19.2 Å². The van der Waals surface area contributed by atoms with Gasteiger partial charge in [0.05, 0.1) is 33.7 Å². The molecule has 2 amide bonds. The third kappa shape index (κ3) is 19.5. The number of carbonyl (C=O) groups is 4. The fourth-order valence-electron chi connectivity index (χ4n) is 13.7. The molecule has 2 unspecified atom stereocenters. The second-order valence-electron chi connectivity index (χ2n) is 25.5. The van der Waals surface area contributed by atoms with E-state index in [1.54, 1.807) is 12.1 Å². The minimum absolute atomic E-state index is 0.179. The van der Waals surface area contributed by atoms with Gasteiger partial charge in [-0.3, -0.25) is 9.59 Å². The quantitative estimate of drug-likeness (QED) is 0.0242. The van der Waals surface area contributed by atoms with E-state index in [2.05, 4.69) is 59.6 Å². The summed E-state index contributed by atoms with van der Waals surface area (Å²) in [6.45, 7) is 10.2. The van der Waals surface area contributed by atoms with E-state index in [9.17, 15) is 9.59 Å². The molecule has 10 heteroatoms. The molecule has 7 rings (SSSR count). The third-order valence-electron chi connectivity index (χ3n) is 18.6. The zero-order valence-electron chi connectivity index (χ0n) is 52.6. The lowest BCUT2D eigenvalue weighted by Crippen LogP contribution is -2.32. The second-order valence-corrected chi connectivity index (χ2v) is 27.3. The zero-order chi connectivity index (χ0) is 59.5. The highest BCUT2D eigenvalue weighted by Crippen LogP contribution is 2.53. The first-order chi connectivity index (χ1) is 41.1. The van der Waals surface area contributed by atoms with Gasteiger partial charge in [-0.2, -0.15) is 0 Å². The Morgan fingerprint density at radius 2 is 0.595 bits per heavy atom. The Labute approximate surface area is 525 Å². The van der Waals surface area contributed by atoms with Crippen LogP contribution in [-0.4, -0.2) is 36.8 Å². The van der Waals surface area contributed by atoms with E-state index in [-0.39, 0.29) is 34.5 Å². The molecule has 2 atom stereocenters. The number of hydrogen-bond donors (Lipinski definition) is 0. The van der Waals surface area contributed by atoms with Crippen molar-refractivity contribution >= 4 is 89.3 Å². The van der Waals surface area contributed by atoms with Crippen molar-refractivity contribution < 1.29 is 28.7 Å². The molecule has 0 bridgehead atoms. The molecule has 0 fully saturated rings. The Balaban J connectivity index is 1.10. The predicted octanol–water partition coefficient (Wildman–Crippen LogP) is 22.5. The summed E-state index contributed by atoms with van der Waals surface area (Å²) in [5.41, 5.74) is 4.79. The predicted molar refractivity (Wildman–Crippen MR) is 359 cm³/mol. The number of ether oxygens (including phenoxy) is 2. The number of amides is 2. The van der Waals surface area contributed by atoms with Gasteiger partial charge in [0.25, 0.3) is 11.8 Å². The first kappa shape index (κ1) is 67.5. The molecule has 8 nitrogen and oxygen atoms in total. The number of anilines is 2. The molecule has 0 radical (unpaired) electrons. The van der Waals surface area contributed by atoms with Crippen LogP contribution in [0.5, 0.6) is 11.5 Å². The summed E-state index contributed by atoms with van der Waals surface area (Å²) in [5, 5.41) is 0. The van der Waals surface area contributed by atoms with E-state index < -0.39 is 11.9 Å². The highest BCUT2D eigenvalue weighted by Gasteiger charge is 2.45. The van der Waals surface area contributed by atoms with Gasteiger partial charge in [0.2, 0.25) is 0 Å². The van der Waals surface area contributed by atoms with Gasteiger partial charge in [0, 0.05) is 44.3 Å². The summed E-state index contributed by atoms with van der Waals surface area (Å²) in [6, 6.07) is 15.1. The smallest absolute Gasteiger partial charge is 0.345 e. The van der Waals surface area contributed by atoms with E-state index in [4.69, 9.17) is 9.47 Å². The van der Waals surface area contributed by atoms with Gasteiger partial charge in [-0.05, 0) is 73.9 Å². The number of rotatable bonds is 44. The summed E-state index contributed by atoms with van der Waals surface area (Å²) in [5.74, 6) is -0.507. The van der Waals surface area contributed by atoms with Crippen molar-refractivity contribution in [1.82, 2.24) is 0 Å². The van der Waals surface area contributed by atoms with Gasteiger partial charge in [-0.15, -0.1) is 0 Å². The van der Waals surface area contributed by atoms with Crippen molar-refractivity contribution in [3.63, 3.8) is 0 Å². The average Bonchev–Trinajstić information content (AvgIpc) is 2.79. The van der Waals surface area contributed by atoms with Crippen molar-refractivity contribution in [3.05, 3.63) is 79.7 Å². The van der Waals surface area contributed by atoms with Crippen LogP contribution in [0.3, 0.4) is 0 Å². The van der Waals surface area contributed by atoms with Crippen LogP contribution >= 0.6 is 31.9 Å². The normalized spacial score (nSPS) is 16.9. The van der Waals surface area contributed by atoms with Crippen LogP contribution in [0.4, 0.5) is 11.4 Å². The molecule has 462 valence electrons. The monoisotopic (exact) mass is 1280 g/mol. The van der Waals surface area contributed by atoms with E-state index in [0.717, 1.165) is 71.7 Å². The summed E-state index contributed by atoms with van der Waals surface area (Å²) in [4.78, 5) is 63.0. The van der Waals surface area contributed by atoms with Gasteiger partial charge in [-0.25, -0.2) is 9.59 Å². The number of fused-ring (bicyclic) bond motifs is 4. The topological polar surface area (TPSA) is 93.2 Å². The minimum atomic E-state index is -0.614. The summed E-state index contributed by atoms with van der Waals surface area (Å²) in [6.07, 6.45) is 50.2. The van der Waals surface area contributed by atoms with Crippen LogP contribution in [0.2, 0.25) is 0 Å². The van der Waals surface area contributed by atoms with Gasteiger partial charge in [0.15, 0.2) is 0 Å². The molecule has 0 saturated carbocycles. The summed E-state index contributed by atoms with van der Waals surface area (Å²) < 4.78 is 14.0. The van der Waals surface area contributed by atoms with Crippen molar-refractivity contribution in [1.29, 1.82) is 0 Å². The van der Waals surface area contributed by atoms with E-state index in [1.807, 2.05) is 46.2 Å². The average molecular weight is 1280 g/mol. The van der Waals surface area contributed by atoms with Gasteiger partial charge in [-0.1, -0.05) is 303 Å². The number of halogens is 2. The Kier molecular flexibility index (Phi) is 29.7. The minimum Gasteiger partial charge on any atom is -0.422 e. The number of hydrogen-bond acceptors (Lipinski definition) is 6. The maximum atomic E-state index is 15.2. The molecular weight excluding hydrogens is 1170 g/mol. The van der Waals surface area contributed by atoms with E-state index >= 15 is 9.59 Å². The lowest BCUT2D eigenvalue weighted by Gasteiger charge is -2.25. The Morgan fingerprint density at radius 1 is 0.333 bits per heavy atom. The molecule has 4 heterocycles. The van der Waals surface area contributed by atoms with Gasteiger partial charge in [0.1, 0.15) is 11.5 Å². The summed E-state index contributed by atoms with van der Waals surface area (Å²) >= 11 is 7.44. The molecule has 3 aromatic carbocycles. The van der Waals surface area contributed by atoms with Crippen LogP contribution in [0.25, 0.3) is 22.3 Å². The third-order valence-corrected chi connectivity index (χ3v) is 19.6. The Morgan fingerprint density at radius 3 is 0.869 bits per heavy atom. The fourth-order valence-corrected chi connectivity index (χ4v) is 14.4. The first-order valence-corrected chi connectivity index (χ1v) is 36.0. The molecule has 3 aromatic rings. The van der Waals surface area contributed by atoms with Gasteiger partial charge < -0.3 is 19.3 Å². The first-order valence-electron chi connectivity index (χ1n) is 34.4. The molecule has 0 N–H and O–H groups in total. The van der Waals surface area contributed by atoms with Crippen molar-refractivity contribution in [2.75, 3.05) is 22.9 Å². The molecule has 4 aliphatic heterocycles. The molecule has 84 heavy (non-hydrogen) atoms. The molecular formula is C74H106Br2N2O6. The number of carbonyl (C=O) groups excluding carboxylic acids is 4. The van der Waals surface area contributed by atoms with Crippen LogP contribution in [0.15, 0.2) is 57.5 Å². The number of unbranched alkanes of at least 4 members (excludes halogenated alkanes) is 32. The van der Waals surface area contributed by atoms with Crippen molar-refractivity contribution in [3.8, 4) is 11.5 Å². The molecule has 0 saturated heterocycles. The highest BCUT2D eigenvalue weighted by atomic mass is 79.9. The Bertz CT molecular complexity index is 2470. The van der Waals surface area contributed by atoms with Crippen molar-refractivity contribution in [2.24, 2.45) is 11.8 Å². The summed E-state index contributed by atoms with van der Waals surface area (Å²) in [7, 11) is 0. The number of esters is 2. The van der Waals surface area contributed by atoms with Crippen LogP contribution in [0.1, 0.15) is 307 Å². The molecule has 0 spiro atoms. The Hall–Kier alpha value is -4.02. The van der Waals surface area contributed by atoms with E-state index in [0.29, 0.717) is 58.3 Å². The SMILES string of the molecule is CCCCCCCCCCCCC(CCCCCCCCCC)CN1C(=O)/C(=C2\C(=O)Oc3cc4c(cc32)OC(=O)/C4=C2/C(=O)N(CC(CCCCCCCCCC)CCCCCCCCCCCC)c3cc(Br)ccc32)c2ccc(Br)cc21. The molecule has 4 aliphatic rings. The standard InChI is InChI=1S/C74H106Br2N2O6/c1-5-9-13-17-21-25-27-31-35-39-43-55(41-37-33-29-23-19-15-11-7-3)53-77-63-49-57(75)45-47-59(63)67(71(77)79)69-61-51-66-62(52-65(61)83-73(69)81)70(74(82)84-66)68-60-48-46-58(76)50-64(60)78(72(68)80)54-56(42-38-34-30-24-20-16-12-8-4)44-40-36-32-28-26-22-18-14-10-6-2/h45-52,55-56H,5-44,53-54H2,1-4H3/b69-67-,70-68+. The maximum Gasteiger partial charge on any atom is 0.345 e.